The first-order valence-electron chi connectivity index (χ1n) is 12.4. The molecule has 0 amide bonds. The van der Waals surface area contributed by atoms with Crippen LogP contribution < -0.4 is 10.4 Å². The fourth-order valence-electron chi connectivity index (χ4n) is 5.13. The minimum Gasteiger partial charge on any atom is -0.241 e. The highest BCUT2D eigenvalue weighted by atomic mass is 32.1. The molecule has 1 aromatic rings. The van der Waals surface area contributed by atoms with Gasteiger partial charge in [0, 0.05) is 24.2 Å². The number of benzene rings is 1. The maximum absolute atomic E-state index is 4.32. The molecule has 1 saturated heterocycles. The van der Waals surface area contributed by atoms with E-state index in [0.717, 1.165) is 38.0 Å². The van der Waals surface area contributed by atoms with Gasteiger partial charge in [0.2, 0.25) is 0 Å². The number of hydrogen-bond acceptors (Lipinski definition) is 2. The maximum atomic E-state index is 4.32. The molecule has 0 radical (unpaired) electrons. The number of quaternary nitrogens is 1. The summed E-state index contributed by atoms with van der Waals surface area (Å²) in [6.45, 7) is 1.16. The van der Waals surface area contributed by atoms with Gasteiger partial charge < -0.3 is 0 Å². The minimum absolute atomic E-state index is 0.438. The minimum atomic E-state index is 0.438. The van der Waals surface area contributed by atoms with Crippen molar-refractivity contribution in [1.29, 1.82) is 0 Å². The predicted molar refractivity (Wildman–Crippen MR) is 142 cm³/mol. The van der Waals surface area contributed by atoms with E-state index in [4.69, 9.17) is 0 Å². The molecule has 5 unspecified atom stereocenters. The van der Waals surface area contributed by atoms with E-state index in [9.17, 15) is 0 Å². The average molecular weight is 456 g/mol. The van der Waals surface area contributed by atoms with Gasteiger partial charge in [-0.15, -0.1) is 0 Å². The van der Waals surface area contributed by atoms with E-state index in [1.165, 1.54) is 27.4 Å². The molecule has 5 atom stereocenters. The lowest BCUT2D eigenvalue weighted by Crippen LogP contribution is -3.02. The lowest BCUT2D eigenvalue weighted by molar-refractivity contribution is -0.817. The van der Waals surface area contributed by atoms with E-state index in [1.807, 2.05) is 0 Å². The summed E-state index contributed by atoms with van der Waals surface area (Å²) in [5, 5.41) is 1.47. The highest BCUT2D eigenvalue weighted by Gasteiger charge is 2.40. The van der Waals surface area contributed by atoms with Crippen molar-refractivity contribution in [3.05, 3.63) is 120 Å². The molecule has 0 bridgehead atoms. The second kappa shape index (κ2) is 10.6. The van der Waals surface area contributed by atoms with Crippen molar-refractivity contribution < 1.29 is 5.01 Å². The van der Waals surface area contributed by atoms with Crippen molar-refractivity contribution in [2.45, 2.75) is 37.6 Å². The topological polar surface area (TPSA) is 16.5 Å². The van der Waals surface area contributed by atoms with Crippen molar-refractivity contribution in [2.75, 3.05) is 12.3 Å². The van der Waals surface area contributed by atoms with Gasteiger partial charge in [-0.25, -0.2) is 10.4 Å². The van der Waals surface area contributed by atoms with Gasteiger partial charge in [-0.05, 0) is 47.8 Å². The summed E-state index contributed by atoms with van der Waals surface area (Å²) in [6.07, 6.45) is 30.0. The molecule has 2 nitrogen and oxygen atoms in total. The Morgan fingerprint density at radius 3 is 2.61 bits per heavy atom. The molecule has 2 N–H and O–H groups in total. The first-order valence-corrected chi connectivity index (χ1v) is 13.0. The second-order valence-corrected chi connectivity index (χ2v) is 9.92. The largest absolute Gasteiger partial charge is 0.241 e. The third-order valence-corrected chi connectivity index (χ3v) is 7.41. The van der Waals surface area contributed by atoms with Gasteiger partial charge in [-0.3, -0.25) is 0 Å². The van der Waals surface area contributed by atoms with Crippen LogP contribution in [-0.2, 0) is 0 Å². The highest BCUT2D eigenvalue weighted by Crippen LogP contribution is 2.37. The number of thiol groups is 1. The normalized spacial score (nSPS) is 30.7. The lowest BCUT2D eigenvalue weighted by atomic mass is 9.79. The molecular weight excluding hydrogens is 420 g/mol. The summed E-state index contributed by atoms with van der Waals surface area (Å²) < 4.78 is 0. The predicted octanol–water partition coefficient (Wildman–Crippen LogP) is 5.27. The third kappa shape index (κ3) is 5.54. The van der Waals surface area contributed by atoms with Gasteiger partial charge in [0.25, 0.3) is 0 Å². The van der Waals surface area contributed by atoms with Crippen LogP contribution in [0, 0.1) is 11.8 Å². The van der Waals surface area contributed by atoms with E-state index in [2.05, 4.69) is 115 Å². The van der Waals surface area contributed by atoms with Crippen LogP contribution in [-0.4, -0.2) is 18.3 Å². The van der Waals surface area contributed by atoms with Gasteiger partial charge in [-0.1, -0.05) is 91.1 Å². The highest BCUT2D eigenvalue weighted by molar-refractivity contribution is 7.80. The Morgan fingerprint density at radius 2 is 1.85 bits per heavy atom. The Kier molecular flexibility index (Phi) is 7.18. The van der Waals surface area contributed by atoms with E-state index in [-0.39, 0.29) is 0 Å². The zero-order valence-electron chi connectivity index (χ0n) is 19.2. The van der Waals surface area contributed by atoms with Crippen molar-refractivity contribution in [2.24, 2.45) is 11.8 Å². The Hall–Kier alpha value is -2.49. The Balaban J connectivity index is 1.32. The standard InChI is InChI=1S/C30H34N2S/c33-20-8-7-13-28-22-32(28)31-30-21-27(24-11-5-2-6-12-24)18-19-29(30)26-16-14-25(15-17-26)23-9-3-1-4-10-23/h1-7,9,11-16,18-19,23,26-28,31,33H,8,10,17,20-22H2/p+1. The average Bonchev–Trinajstić information content (AvgIpc) is 3.63. The molecule has 170 valence electrons. The summed E-state index contributed by atoms with van der Waals surface area (Å²) >= 11 is 4.32. The summed E-state index contributed by atoms with van der Waals surface area (Å²) in [4.78, 5) is 0. The Morgan fingerprint density at radius 1 is 0.970 bits per heavy atom. The number of rotatable bonds is 8. The summed E-state index contributed by atoms with van der Waals surface area (Å²) in [7, 11) is 0. The van der Waals surface area contributed by atoms with Gasteiger partial charge in [0.1, 0.15) is 0 Å². The molecule has 1 aliphatic heterocycles. The quantitative estimate of drug-likeness (QED) is 0.277. The molecule has 3 heteroatoms. The van der Waals surface area contributed by atoms with E-state index in [1.54, 1.807) is 0 Å². The van der Waals surface area contributed by atoms with Gasteiger partial charge in [-0.2, -0.15) is 12.6 Å². The fourth-order valence-corrected chi connectivity index (χ4v) is 5.28. The summed E-state index contributed by atoms with van der Waals surface area (Å²) in [5.41, 5.74) is 9.64. The van der Waals surface area contributed by atoms with Crippen LogP contribution in [0.5, 0.6) is 0 Å². The van der Waals surface area contributed by atoms with Crippen LogP contribution in [0.4, 0.5) is 0 Å². The Labute approximate surface area is 204 Å². The number of hydrogen-bond donors (Lipinski definition) is 3. The zero-order valence-corrected chi connectivity index (χ0v) is 20.1. The van der Waals surface area contributed by atoms with Crippen molar-refractivity contribution in [3.8, 4) is 0 Å². The van der Waals surface area contributed by atoms with E-state index < -0.39 is 0 Å². The first-order chi connectivity index (χ1) is 16.3. The molecule has 0 aromatic heterocycles. The SMILES string of the molecule is SCCC=CC1C[NH+]1NC1=C(C2C=CC(C3C=CC=CC3)=CC2)C=CC(c2ccccc2)C1. The van der Waals surface area contributed by atoms with Crippen LogP contribution in [0.2, 0.25) is 0 Å². The Bertz CT molecular complexity index is 1040. The molecule has 1 heterocycles. The van der Waals surface area contributed by atoms with Crippen molar-refractivity contribution in [3.63, 3.8) is 0 Å². The van der Waals surface area contributed by atoms with Crippen LogP contribution >= 0.6 is 12.6 Å². The van der Waals surface area contributed by atoms with Crippen LogP contribution in [0.25, 0.3) is 0 Å². The zero-order chi connectivity index (χ0) is 22.5. The molecule has 4 aliphatic rings. The maximum Gasteiger partial charge on any atom is 0.180 e. The monoisotopic (exact) mass is 455 g/mol. The molecule has 1 fully saturated rings. The summed E-state index contributed by atoms with van der Waals surface area (Å²) in [5.74, 6) is 2.34. The second-order valence-electron chi connectivity index (χ2n) is 9.48. The van der Waals surface area contributed by atoms with Gasteiger partial charge >= 0.3 is 0 Å². The third-order valence-electron chi connectivity index (χ3n) is 7.15. The fraction of sp³-hybridized carbons (Fsp3) is 0.333. The molecular formula is C30H35N2S+. The lowest BCUT2D eigenvalue weighted by Gasteiger charge is -2.28. The summed E-state index contributed by atoms with van der Waals surface area (Å²) in [6, 6.07) is 11.5. The van der Waals surface area contributed by atoms with Crippen LogP contribution in [0.15, 0.2) is 114 Å². The van der Waals surface area contributed by atoms with Crippen molar-refractivity contribution >= 4 is 12.6 Å². The number of nitrogens with one attached hydrogen (secondary N) is 2. The van der Waals surface area contributed by atoms with E-state index in [0.29, 0.717) is 23.8 Å². The molecule has 3 aliphatic carbocycles. The van der Waals surface area contributed by atoms with Gasteiger partial charge in [0.05, 0.1) is 5.70 Å². The van der Waals surface area contributed by atoms with Gasteiger partial charge in [0.15, 0.2) is 12.6 Å². The molecule has 5 rings (SSSR count). The van der Waals surface area contributed by atoms with Crippen LogP contribution in [0.3, 0.4) is 0 Å². The van der Waals surface area contributed by atoms with Crippen LogP contribution in [0.1, 0.15) is 37.2 Å². The van der Waals surface area contributed by atoms with Crippen molar-refractivity contribution in [1.82, 2.24) is 5.43 Å². The molecule has 1 aromatic carbocycles. The van der Waals surface area contributed by atoms with E-state index >= 15 is 0 Å². The molecule has 0 saturated carbocycles. The molecule has 33 heavy (non-hydrogen) atoms. The number of allylic oxidation sites excluding steroid dienone is 13. The smallest absolute Gasteiger partial charge is 0.180 e. The first kappa shape index (κ1) is 22.3. The molecule has 0 spiro atoms.